The Hall–Kier alpha value is 0.680. The molecule has 20 heavy (non-hydrogen) atoms. The Morgan fingerprint density at radius 3 is 1.70 bits per heavy atom. The normalized spacial score (nSPS) is 10.3. The van der Waals surface area contributed by atoms with Gasteiger partial charge in [0.1, 0.15) is 0 Å². The van der Waals surface area contributed by atoms with Gasteiger partial charge in [-0.3, -0.25) is 0 Å². The quantitative estimate of drug-likeness (QED) is 0.217. The van der Waals surface area contributed by atoms with Gasteiger partial charge < -0.3 is 19.8 Å². The van der Waals surface area contributed by atoms with Crippen molar-refractivity contribution in [2.24, 2.45) is 0 Å². The summed E-state index contributed by atoms with van der Waals surface area (Å²) in [5.74, 6) is -2.89. The van der Waals surface area contributed by atoms with E-state index in [0.717, 1.165) is 19.3 Å². The summed E-state index contributed by atoms with van der Waals surface area (Å²) in [6, 6.07) is 0. The van der Waals surface area contributed by atoms with E-state index in [4.69, 9.17) is 0 Å². The molecule has 0 rings (SSSR count). The van der Waals surface area contributed by atoms with Crippen LogP contribution in [0.1, 0.15) is 64.7 Å². The minimum Gasteiger partial charge on any atom is -0.545 e. The molecule has 6 heteroatoms. The van der Waals surface area contributed by atoms with Crippen molar-refractivity contribution < 1.29 is 78.9 Å². The standard InChI is InChI=1S/C14H24O4.2Na/c1-2-3-4-5-6-7-8-9-10-12(14(17)18)11-13(15)16;;/h11H,2-10H2,1H3,(H,15,16)(H,17,18);;/q;2*+1/p-2/b12-11-;;. The molecule has 0 aromatic heterocycles. The summed E-state index contributed by atoms with van der Waals surface area (Å²) >= 11 is 0. The number of carboxylic acid groups (broad SMARTS) is 2. The molecule has 0 aromatic carbocycles. The van der Waals surface area contributed by atoms with Crippen molar-refractivity contribution in [1.82, 2.24) is 0 Å². The summed E-state index contributed by atoms with van der Waals surface area (Å²) in [6.07, 6.45) is 9.65. The van der Waals surface area contributed by atoms with E-state index < -0.39 is 11.9 Å². The van der Waals surface area contributed by atoms with E-state index >= 15 is 0 Å². The van der Waals surface area contributed by atoms with Crippen LogP contribution < -0.4 is 69.3 Å². The van der Waals surface area contributed by atoms with Gasteiger partial charge in [0.2, 0.25) is 0 Å². The summed E-state index contributed by atoms with van der Waals surface area (Å²) in [5, 5.41) is 20.9. The van der Waals surface area contributed by atoms with Crippen molar-refractivity contribution in [3.63, 3.8) is 0 Å². The Morgan fingerprint density at radius 2 is 1.30 bits per heavy atom. The molecule has 0 radical (unpaired) electrons. The average Bonchev–Trinajstić information content (AvgIpc) is 2.30. The summed E-state index contributed by atoms with van der Waals surface area (Å²) in [5.41, 5.74) is -0.180. The third kappa shape index (κ3) is 16.7. The Bertz CT molecular complexity index is 291. The molecule has 0 saturated heterocycles. The Kier molecular flexibility index (Phi) is 22.7. The van der Waals surface area contributed by atoms with Crippen LogP contribution in [0.4, 0.5) is 0 Å². The minimum atomic E-state index is -1.48. The van der Waals surface area contributed by atoms with E-state index in [9.17, 15) is 19.8 Å². The maximum atomic E-state index is 10.6. The molecule has 0 amide bonds. The number of hydrogen-bond donors (Lipinski definition) is 0. The van der Waals surface area contributed by atoms with Gasteiger partial charge in [0.15, 0.2) is 0 Å². The second-order valence-electron chi connectivity index (χ2n) is 4.50. The van der Waals surface area contributed by atoms with Crippen LogP contribution in [0.25, 0.3) is 0 Å². The molecular formula is C14H22Na2O4. The van der Waals surface area contributed by atoms with Gasteiger partial charge in [0.25, 0.3) is 0 Å². The topological polar surface area (TPSA) is 80.3 Å². The van der Waals surface area contributed by atoms with Gasteiger partial charge in [-0.15, -0.1) is 0 Å². The van der Waals surface area contributed by atoms with Gasteiger partial charge in [-0.25, -0.2) is 0 Å². The van der Waals surface area contributed by atoms with Crippen molar-refractivity contribution in [3.05, 3.63) is 11.6 Å². The van der Waals surface area contributed by atoms with Crippen LogP contribution in [0.5, 0.6) is 0 Å². The maximum Gasteiger partial charge on any atom is 1.00 e. The molecule has 0 aliphatic carbocycles. The van der Waals surface area contributed by atoms with Crippen LogP contribution >= 0.6 is 0 Å². The van der Waals surface area contributed by atoms with Crippen molar-refractivity contribution in [1.29, 1.82) is 0 Å². The summed E-state index contributed by atoms with van der Waals surface area (Å²) in [4.78, 5) is 20.9. The first-order chi connectivity index (χ1) is 8.57. The molecule has 104 valence electrons. The van der Waals surface area contributed by atoms with Crippen LogP contribution in [0.2, 0.25) is 0 Å². The van der Waals surface area contributed by atoms with Crippen LogP contribution in [-0.4, -0.2) is 11.9 Å². The van der Waals surface area contributed by atoms with Crippen LogP contribution in [0.15, 0.2) is 11.6 Å². The van der Waals surface area contributed by atoms with Gasteiger partial charge in [-0.2, -0.15) is 0 Å². The van der Waals surface area contributed by atoms with Crippen molar-refractivity contribution in [2.75, 3.05) is 0 Å². The molecule has 0 aliphatic rings. The van der Waals surface area contributed by atoms with Gasteiger partial charge >= 0.3 is 59.1 Å². The van der Waals surface area contributed by atoms with Gasteiger partial charge in [0.05, 0.1) is 11.9 Å². The summed E-state index contributed by atoms with van der Waals surface area (Å²) in [7, 11) is 0. The molecule has 0 fully saturated rings. The maximum absolute atomic E-state index is 10.6. The fourth-order valence-corrected chi connectivity index (χ4v) is 1.82. The third-order valence-electron chi connectivity index (χ3n) is 2.85. The number of rotatable bonds is 11. The van der Waals surface area contributed by atoms with E-state index in [1.807, 2.05) is 0 Å². The largest absolute Gasteiger partial charge is 1.00 e. The minimum absolute atomic E-state index is 0. The molecule has 4 nitrogen and oxygen atoms in total. The predicted molar refractivity (Wildman–Crippen MR) is 65.3 cm³/mol. The van der Waals surface area contributed by atoms with Gasteiger partial charge in [-0.05, 0) is 24.5 Å². The van der Waals surface area contributed by atoms with Crippen LogP contribution in [0, 0.1) is 0 Å². The fourth-order valence-electron chi connectivity index (χ4n) is 1.82. The average molecular weight is 300 g/mol. The SMILES string of the molecule is CCCCCCCCCC/C(=C/C(=O)[O-])C(=O)[O-].[Na+].[Na+]. The number of carbonyl (C=O) groups excluding carboxylic acids is 2. The van der Waals surface area contributed by atoms with Crippen LogP contribution in [0.3, 0.4) is 0 Å². The van der Waals surface area contributed by atoms with Crippen LogP contribution in [-0.2, 0) is 9.59 Å². The third-order valence-corrected chi connectivity index (χ3v) is 2.85. The zero-order valence-electron chi connectivity index (χ0n) is 13.1. The number of aliphatic carboxylic acids is 2. The molecule has 0 saturated carbocycles. The predicted octanol–water partition coefficient (Wildman–Crippen LogP) is -5.05. The van der Waals surface area contributed by atoms with E-state index in [-0.39, 0.29) is 71.1 Å². The molecule has 0 atom stereocenters. The van der Waals surface area contributed by atoms with E-state index in [1.165, 1.54) is 25.7 Å². The molecule has 0 N–H and O–H groups in total. The Morgan fingerprint density at radius 1 is 0.850 bits per heavy atom. The van der Waals surface area contributed by atoms with E-state index in [1.54, 1.807) is 0 Å². The molecule has 0 bridgehead atoms. The smallest absolute Gasteiger partial charge is 0.545 e. The first-order valence-corrected chi connectivity index (χ1v) is 6.70. The molecule has 0 heterocycles. The van der Waals surface area contributed by atoms with Gasteiger partial charge in [-0.1, -0.05) is 51.9 Å². The Balaban J connectivity index is -0.00000144. The van der Waals surface area contributed by atoms with Gasteiger partial charge in [0, 0.05) is 0 Å². The molecule has 0 aliphatic heterocycles. The monoisotopic (exact) mass is 300 g/mol. The number of hydrogen-bond acceptors (Lipinski definition) is 4. The number of unbranched alkanes of at least 4 members (excludes halogenated alkanes) is 7. The van der Waals surface area contributed by atoms with Crippen molar-refractivity contribution in [3.8, 4) is 0 Å². The van der Waals surface area contributed by atoms with Crippen molar-refractivity contribution in [2.45, 2.75) is 64.7 Å². The van der Waals surface area contributed by atoms with E-state index in [0.29, 0.717) is 12.5 Å². The first kappa shape index (κ1) is 25.6. The summed E-state index contributed by atoms with van der Waals surface area (Å²) in [6.45, 7) is 2.17. The number of carboxylic acids is 2. The van der Waals surface area contributed by atoms with E-state index in [2.05, 4.69) is 6.92 Å². The zero-order chi connectivity index (χ0) is 13.8. The second-order valence-corrected chi connectivity index (χ2v) is 4.50. The molecule has 0 spiro atoms. The zero-order valence-corrected chi connectivity index (χ0v) is 17.1. The van der Waals surface area contributed by atoms with Crippen molar-refractivity contribution >= 4 is 11.9 Å². The first-order valence-electron chi connectivity index (χ1n) is 6.70. The fraction of sp³-hybridized carbons (Fsp3) is 0.714. The second kappa shape index (κ2) is 17.7. The molecule has 0 unspecified atom stereocenters. The molecule has 0 aromatic rings. The summed E-state index contributed by atoms with van der Waals surface area (Å²) < 4.78 is 0. The number of carbonyl (C=O) groups is 2. The Labute approximate surface area is 166 Å². The molecular weight excluding hydrogens is 278 g/mol.